The highest BCUT2D eigenvalue weighted by Crippen LogP contribution is 2.10. The molecule has 0 unspecified atom stereocenters. The van der Waals surface area contributed by atoms with Gasteiger partial charge in [0.15, 0.2) is 14.7 Å². The van der Waals surface area contributed by atoms with Gasteiger partial charge in [0.2, 0.25) is 0 Å². The predicted octanol–water partition coefficient (Wildman–Crippen LogP) is 1.10. The SMILES string of the molecule is CS(=O)(=O)/C(C#N)=C/NCCc1nc2ccccc2[nH]1. The van der Waals surface area contributed by atoms with E-state index in [2.05, 4.69) is 15.3 Å². The minimum atomic E-state index is -3.47. The number of nitrogens with zero attached hydrogens (tertiary/aromatic N) is 2. The number of H-pyrrole nitrogens is 1. The molecule has 0 saturated heterocycles. The van der Waals surface area contributed by atoms with Crippen molar-refractivity contribution in [2.24, 2.45) is 0 Å². The molecule has 0 radical (unpaired) electrons. The summed E-state index contributed by atoms with van der Waals surface area (Å²) >= 11 is 0. The van der Waals surface area contributed by atoms with Crippen LogP contribution in [0.15, 0.2) is 35.4 Å². The molecule has 0 aliphatic carbocycles. The molecule has 0 bridgehead atoms. The van der Waals surface area contributed by atoms with Crippen LogP contribution in [0.2, 0.25) is 0 Å². The second-order valence-electron chi connectivity index (χ2n) is 4.30. The van der Waals surface area contributed by atoms with Crippen LogP contribution < -0.4 is 5.32 Å². The highest BCUT2D eigenvalue weighted by Gasteiger charge is 2.09. The lowest BCUT2D eigenvalue weighted by Crippen LogP contribution is -2.13. The van der Waals surface area contributed by atoms with Crippen molar-refractivity contribution in [1.29, 1.82) is 5.26 Å². The third-order valence-electron chi connectivity index (χ3n) is 2.69. The van der Waals surface area contributed by atoms with Crippen LogP contribution in [0.1, 0.15) is 5.82 Å². The average Bonchev–Trinajstić information content (AvgIpc) is 2.79. The van der Waals surface area contributed by atoms with Crippen LogP contribution >= 0.6 is 0 Å². The lowest BCUT2D eigenvalue weighted by molar-refractivity contribution is 0.608. The molecule has 104 valence electrons. The van der Waals surface area contributed by atoms with Gasteiger partial charge < -0.3 is 10.3 Å². The van der Waals surface area contributed by atoms with Crippen molar-refractivity contribution >= 4 is 20.9 Å². The van der Waals surface area contributed by atoms with E-state index in [1.807, 2.05) is 24.3 Å². The standard InChI is InChI=1S/C13H14N4O2S/c1-20(18,19)10(8-14)9-15-7-6-13-16-11-4-2-3-5-12(11)17-13/h2-5,9,15H,6-7H2,1H3,(H,16,17)/b10-9+. The lowest BCUT2D eigenvalue weighted by atomic mass is 10.3. The molecule has 0 fully saturated rings. The zero-order valence-corrected chi connectivity index (χ0v) is 11.7. The number of benzene rings is 1. The number of hydrogen-bond donors (Lipinski definition) is 2. The van der Waals surface area contributed by atoms with Crippen LogP contribution in [0.4, 0.5) is 0 Å². The zero-order chi connectivity index (χ0) is 14.6. The van der Waals surface area contributed by atoms with Gasteiger partial charge in [0.25, 0.3) is 0 Å². The Morgan fingerprint density at radius 2 is 2.25 bits per heavy atom. The summed E-state index contributed by atoms with van der Waals surface area (Å²) in [4.78, 5) is 7.30. The minimum Gasteiger partial charge on any atom is -0.389 e. The van der Waals surface area contributed by atoms with Gasteiger partial charge in [-0.15, -0.1) is 0 Å². The van der Waals surface area contributed by atoms with E-state index in [-0.39, 0.29) is 4.91 Å². The van der Waals surface area contributed by atoms with E-state index in [1.54, 1.807) is 6.07 Å². The summed E-state index contributed by atoms with van der Waals surface area (Å²) in [6.07, 6.45) is 2.83. The van der Waals surface area contributed by atoms with Gasteiger partial charge in [-0.1, -0.05) is 12.1 Å². The number of aromatic amines is 1. The average molecular weight is 290 g/mol. The van der Waals surface area contributed by atoms with Crippen LogP contribution in [0.5, 0.6) is 0 Å². The summed E-state index contributed by atoms with van der Waals surface area (Å²) in [5.74, 6) is 0.810. The maximum atomic E-state index is 11.2. The fourth-order valence-corrected chi connectivity index (χ4v) is 2.16. The largest absolute Gasteiger partial charge is 0.389 e. The molecule has 0 aliphatic rings. The maximum absolute atomic E-state index is 11.2. The van der Waals surface area contributed by atoms with Gasteiger partial charge in [0.05, 0.1) is 11.0 Å². The Morgan fingerprint density at radius 3 is 2.90 bits per heavy atom. The van der Waals surface area contributed by atoms with E-state index >= 15 is 0 Å². The normalized spacial score (nSPS) is 12.3. The number of allylic oxidation sites excluding steroid dienone is 1. The number of nitrogens with one attached hydrogen (secondary N) is 2. The van der Waals surface area contributed by atoms with Gasteiger partial charge in [-0.05, 0) is 12.1 Å². The summed E-state index contributed by atoms with van der Waals surface area (Å²) in [6.45, 7) is 0.487. The number of nitriles is 1. The van der Waals surface area contributed by atoms with E-state index in [4.69, 9.17) is 5.26 Å². The van der Waals surface area contributed by atoms with Crippen molar-refractivity contribution < 1.29 is 8.42 Å². The third kappa shape index (κ3) is 3.36. The Balaban J connectivity index is 1.97. The van der Waals surface area contributed by atoms with Crippen molar-refractivity contribution in [3.63, 3.8) is 0 Å². The summed E-state index contributed by atoms with van der Waals surface area (Å²) < 4.78 is 22.4. The number of imidazole rings is 1. The molecule has 2 N–H and O–H groups in total. The number of rotatable bonds is 5. The number of aromatic nitrogens is 2. The van der Waals surface area contributed by atoms with Gasteiger partial charge in [-0.3, -0.25) is 0 Å². The van der Waals surface area contributed by atoms with Crippen LogP contribution in [0.3, 0.4) is 0 Å². The van der Waals surface area contributed by atoms with Crippen molar-refractivity contribution in [2.75, 3.05) is 12.8 Å². The van der Waals surface area contributed by atoms with Crippen LogP contribution in [0, 0.1) is 11.3 Å². The summed E-state index contributed by atoms with van der Waals surface area (Å²) in [5, 5.41) is 11.5. The summed E-state index contributed by atoms with van der Waals surface area (Å²) in [6, 6.07) is 9.35. The molecule has 7 heteroatoms. The Kier molecular flexibility index (Phi) is 4.05. The molecule has 0 amide bonds. The van der Waals surface area contributed by atoms with Crippen molar-refractivity contribution in [1.82, 2.24) is 15.3 Å². The topological polar surface area (TPSA) is 98.6 Å². The van der Waals surface area contributed by atoms with Crippen LogP contribution in [-0.4, -0.2) is 31.2 Å². The van der Waals surface area contributed by atoms with Gasteiger partial charge in [-0.2, -0.15) is 5.26 Å². The molecule has 1 aromatic carbocycles. The molecule has 6 nitrogen and oxygen atoms in total. The Bertz CT molecular complexity index is 751. The first-order valence-electron chi connectivity index (χ1n) is 5.98. The van der Waals surface area contributed by atoms with Gasteiger partial charge in [0, 0.05) is 25.4 Å². The van der Waals surface area contributed by atoms with Gasteiger partial charge >= 0.3 is 0 Å². The second kappa shape index (κ2) is 5.75. The van der Waals surface area contributed by atoms with E-state index in [0.717, 1.165) is 23.1 Å². The Hall–Kier alpha value is -2.33. The van der Waals surface area contributed by atoms with Crippen molar-refractivity contribution in [2.45, 2.75) is 6.42 Å². The highest BCUT2D eigenvalue weighted by atomic mass is 32.2. The minimum absolute atomic E-state index is 0.276. The summed E-state index contributed by atoms with van der Waals surface area (Å²) in [5.41, 5.74) is 1.86. The monoisotopic (exact) mass is 290 g/mol. The second-order valence-corrected chi connectivity index (χ2v) is 6.28. The highest BCUT2D eigenvalue weighted by molar-refractivity contribution is 7.94. The predicted molar refractivity (Wildman–Crippen MR) is 76.3 cm³/mol. The van der Waals surface area contributed by atoms with Crippen molar-refractivity contribution in [3.8, 4) is 6.07 Å². The lowest BCUT2D eigenvalue weighted by Gasteiger charge is -1.99. The zero-order valence-electron chi connectivity index (χ0n) is 10.9. The molecule has 1 aromatic heterocycles. The first-order valence-corrected chi connectivity index (χ1v) is 7.87. The van der Waals surface area contributed by atoms with E-state index in [9.17, 15) is 8.42 Å². The fraction of sp³-hybridized carbons (Fsp3) is 0.231. The summed E-state index contributed by atoms with van der Waals surface area (Å²) in [7, 11) is -3.47. The molecule has 0 atom stereocenters. The first-order chi connectivity index (χ1) is 9.50. The van der Waals surface area contributed by atoms with Gasteiger partial charge in [-0.25, -0.2) is 13.4 Å². The number of para-hydroxylation sites is 2. The van der Waals surface area contributed by atoms with Gasteiger partial charge in [0.1, 0.15) is 11.9 Å². The van der Waals surface area contributed by atoms with Crippen LogP contribution in [0.25, 0.3) is 11.0 Å². The number of fused-ring (bicyclic) bond motifs is 1. The first kappa shape index (κ1) is 14.1. The van der Waals surface area contributed by atoms with E-state index < -0.39 is 9.84 Å². The molecule has 2 rings (SSSR count). The Morgan fingerprint density at radius 1 is 1.50 bits per heavy atom. The smallest absolute Gasteiger partial charge is 0.186 e. The third-order valence-corrected chi connectivity index (χ3v) is 3.70. The Labute approximate surface area is 117 Å². The molecule has 0 aliphatic heterocycles. The van der Waals surface area contributed by atoms with E-state index in [0.29, 0.717) is 13.0 Å². The fourth-order valence-electron chi connectivity index (χ4n) is 1.70. The van der Waals surface area contributed by atoms with Crippen LogP contribution in [-0.2, 0) is 16.3 Å². The quantitative estimate of drug-likeness (QED) is 0.634. The number of hydrogen-bond acceptors (Lipinski definition) is 5. The molecule has 1 heterocycles. The molecule has 0 saturated carbocycles. The van der Waals surface area contributed by atoms with E-state index in [1.165, 1.54) is 6.20 Å². The van der Waals surface area contributed by atoms with Crippen molar-refractivity contribution in [3.05, 3.63) is 41.2 Å². The molecular formula is C13H14N4O2S. The molecule has 2 aromatic rings. The molecule has 0 spiro atoms. The maximum Gasteiger partial charge on any atom is 0.186 e. The molecule has 20 heavy (non-hydrogen) atoms. The number of sulfone groups is 1. The molecular weight excluding hydrogens is 276 g/mol.